The summed E-state index contributed by atoms with van der Waals surface area (Å²) >= 11 is 0. The summed E-state index contributed by atoms with van der Waals surface area (Å²) in [5, 5.41) is 0. The van der Waals surface area contributed by atoms with Crippen LogP contribution in [-0.4, -0.2) is 21.3 Å². The second kappa shape index (κ2) is 6.60. The van der Waals surface area contributed by atoms with Crippen LogP contribution in [-0.2, 0) is 22.7 Å². The lowest BCUT2D eigenvalue weighted by atomic mass is 9.95. The molecule has 5 nitrogen and oxygen atoms in total. The van der Waals surface area contributed by atoms with Crippen LogP contribution in [0.25, 0.3) is 0 Å². The van der Waals surface area contributed by atoms with Crippen molar-refractivity contribution in [2.75, 3.05) is 0 Å². The van der Waals surface area contributed by atoms with Crippen LogP contribution in [0.15, 0.2) is 59.5 Å². The summed E-state index contributed by atoms with van der Waals surface area (Å²) in [7, 11) is 0. The van der Waals surface area contributed by atoms with Crippen molar-refractivity contribution < 1.29 is 9.59 Å². The normalized spacial score (nSPS) is 18.3. The molecule has 0 saturated carbocycles. The molecule has 1 saturated heterocycles. The standard InChI is InChI=1S/C18H18N2O3/c21-16-8-4-5-11-19(16)13-15-9-10-17(22)20(18(15)23)12-14-6-2-1-3-7-14/h1-8,11,15H,9-10,12-13H2/t15-/m0/s1. The summed E-state index contributed by atoms with van der Waals surface area (Å²) in [6, 6.07) is 14.4. The molecule has 0 bridgehead atoms. The molecule has 0 aliphatic carbocycles. The van der Waals surface area contributed by atoms with Crippen LogP contribution in [0.3, 0.4) is 0 Å². The molecular formula is C18H18N2O3. The molecule has 23 heavy (non-hydrogen) atoms. The van der Waals surface area contributed by atoms with Gasteiger partial charge in [0, 0.05) is 25.2 Å². The van der Waals surface area contributed by atoms with Crippen molar-refractivity contribution in [3.05, 3.63) is 70.6 Å². The molecule has 0 radical (unpaired) electrons. The minimum absolute atomic E-state index is 0.133. The van der Waals surface area contributed by atoms with Crippen LogP contribution in [0, 0.1) is 5.92 Å². The summed E-state index contributed by atoms with van der Waals surface area (Å²) in [5.74, 6) is -0.673. The minimum Gasteiger partial charge on any atom is -0.315 e. The van der Waals surface area contributed by atoms with E-state index in [4.69, 9.17) is 0 Å². The highest BCUT2D eigenvalue weighted by molar-refractivity contribution is 5.98. The van der Waals surface area contributed by atoms with Crippen molar-refractivity contribution in [1.29, 1.82) is 0 Å². The number of pyridine rings is 1. The number of hydrogen-bond acceptors (Lipinski definition) is 3. The lowest BCUT2D eigenvalue weighted by molar-refractivity contribution is -0.152. The predicted octanol–water partition coefficient (Wildman–Crippen LogP) is 1.81. The average Bonchev–Trinajstić information content (AvgIpc) is 2.57. The number of carbonyl (C=O) groups excluding carboxylic acids is 2. The van der Waals surface area contributed by atoms with E-state index in [1.807, 2.05) is 30.3 Å². The lowest BCUT2D eigenvalue weighted by Crippen LogP contribution is -2.46. The predicted molar refractivity (Wildman–Crippen MR) is 85.4 cm³/mol. The summed E-state index contributed by atoms with van der Waals surface area (Å²) in [5.41, 5.74) is 0.790. The van der Waals surface area contributed by atoms with Gasteiger partial charge < -0.3 is 4.57 Å². The molecule has 1 fully saturated rings. The summed E-state index contributed by atoms with van der Waals surface area (Å²) in [4.78, 5) is 37.9. The Morgan fingerprint density at radius 1 is 0.957 bits per heavy atom. The fraction of sp³-hybridized carbons (Fsp3) is 0.278. The molecular weight excluding hydrogens is 292 g/mol. The highest BCUT2D eigenvalue weighted by atomic mass is 16.2. The summed E-state index contributed by atoms with van der Waals surface area (Å²) < 4.78 is 1.53. The molecule has 1 aromatic heterocycles. The van der Waals surface area contributed by atoms with Crippen LogP contribution in [0.5, 0.6) is 0 Å². The van der Waals surface area contributed by atoms with Gasteiger partial charge in [0.05, 0.1) is 12.5 Å². The quantitative estimate of drug-likeness (QED) is 0.809. The van der Waals surface area contributed by atoms with Gasteiger partial charge in [0.1, 0.15) is 0 Å². The molecule has 0 N–H and O–H groups in total. The van der Waals surface area contributed by atoms with Crippen LogP contribution in [0.1, 0.15) is 18.4 Å². The highest BCUT2D eigenvalue weighted by Crippen LogP contribution is 2.22. The van der Waals surface area contributed by atoms with E-state index < -0.39 is 0 Å². The monoisotopic (exact) mass is 310 g/mol. The molecule has 1 atom stereocenters. The van der Waals surface area contributed by atoms with E-state index in [1.54, 1.807) is 18.3 Å². The Kier molecular flexibility index (Phi) is 4.37. The van der Waals surface area contributed by atoms with Gasteiger partial charge in [-0.05, 0) is 18.1 Å². The van der Waals surface area contributed by atoms with Gasteiger partial charge in [0.2, 0.25) is 11.8 Å². The van der Waals surface area contributed by atoms with Crippen molar-refractivity contribution in [2.45, 2.75) is 25.9 Å². The molecule has 3 rings (SSSR count). The Hall–Kier alpha value is -2.69. The molecule has 2 heterocycles. The molecule has 1 aliphatic rings. The first-order chi connectivity index (χ1) is 11.1. The van der Waals surface area contributed by atoms with E-state index in [-0.39, 0.29) is 23.3 Å². The van der Waals surface area contributed by atoms with Gasteiger partial charge in [-0.3, -0.25) is 19.3 Å². The number of benzene rings is 1. The summed E-state index contributed by atoms with van der Waals surface area (Å²) in [6.07, 6.45) is 2.50. The van der Waals surface area contributed by atoms with E-state index in [0.29, 0.717) is 25.9 Å². The van der Waals surface area contributed by atoms with Crippen LogP contribution in [0.2, 0.25) is 0 Å². The molecule has 1 aromatic carbocycles. The third kappa shape index (κ3) is 3.39. The average molecular weight is 310 g/mol. The highest BCUT2D eigenvalue weighted by Gasteiger charge is 2.34. The molecule has 0 spiro atoms. The number of imide groups is 1. The van der Waals surface area contributed by atoms with Gasteiger partial charge in [-0.2, -0.15) is 0 Å². The third-order valence-corrected chi connectivity index (χ3v) is 4.12. The van der Waals surface area contributed by atoms with Crippen molar-refractivity contribution in [1.82, 2.24) is 9.47 Å². The summed E-state index contributed by atoms with van der Waals surface area (Å²) in [6.45, 7) is 0.607. The fourth-order valence-corrected chi connectivity index (χ4v) is 2.85. The Morgan fingerprint density at radius 2 is 1.70 bits per heavy atom. The van der Waals surface area contributed by atoms with Crippen molar-refractivity contribution >= 4 is 11.8 Å². The second-order valence-corrected chi connectivity index (χ2v) is 5.73. The zero-order chi connectivity index (χ0) is 16.2. The first-order valence-corrected chi connectivity index (χ1v) is 7.69. The minimum atomic E-state index is -0.337. The van der Waals surface area contributed by atoms with Crippen LogP contribution >= 0.6 is 0 Å². The fourth-order valence-electron chi connectivity index (χ4n) is 2.85. The first-order valence-electron chi connectivity index (χ1n) is 7.69. The Bertz CT molecular complexity index is 767. The SMILES string of the molecule is O=C1CC[C@@H](Cn2ccccc2=O)C(=O)N1Cc1ccccc1. The van der Waals surface area contributed by atoms with Crippen molar-refractivity contribution in [3.63, 3.8) is 0 Å². The largest absolute Gasteiger partial charge is 0.315 e. The third-order valence-electron chi connectivity index (χ3n) is 4.12. The first kappa shape index (κ1) is 15.2. The van der Waals surface area contributed by atoms with E-state index >= 15 is 0 Å². The number of hydrogen-bond donors (Lipinski definition) is 0. The van der Waals surface area contributed by atoms with Crippen molar-refractivity contribution in [3.8, 4) is 0 Å². The Morgan fingerprint density at radius 3 is 2.43 bits per heavy atom. The number of amides is 2. The molecule has 2 aromatic rings. The molecule has 118 valence electrons. The molecule has 2 amide bonds. The van der Waals surface area contributed by atoms with Gasteiger partial charge in [0.25, 0.3) is 5.56 Å². The Labute approximate surface area is 134 Å². The zero-order valence-corrected chi connectivity index (χ0v) is 12.7. The van der Waals surface area contributed by atoms with Gasteiger partial charge in [0.15, 0.2) is 0 Å². The number of aromatic nitrogens is 1. The van der Waals surface area contributed by atoms with Gasteiger partial charge >= 0.3 is 0 Å². The number of likely N-dealkylation sites (tertiary alicyclic amines) is 1. The maximum absolute atomic E-state index is 12.6. The van der Waals surface area contributed by atoms with E-state index in [9.17, 15) is 14.4 Å². The Balaban J connectivity index is 1.76. The lowest BCUT2D eigenvalue weighted by Gasteiger charge is -2.31. The van der Waals surface area contributed by atoms with E-state index in [2.05, 4.69) is 0 Å². The zero-order valence-electron chi connectivity index (χ0n) is 12.7. The topological polar surface area (TPSA) is 59.4 Å². The number of piperidine rings is 1. The molecule has 1 aliphatic heterocycles. The maximum Gasteiger partial charge on any atom is 0.250 e. The van der Waals surface area contributed by atoms with Gasteiger partial charge in [-0.25, -0.2) is 0 Å². The maximum atomic E-state index is 12.6. The number of carbonyl (C=O) groups is 2. The number of nitrogens with zero attached hydrogens (tertiary/aromatic N) is 2. The smallest absolute Gasteiger partial charge is 0.250 e. The molecule has 5 heteroatoms. The number of rotatable bonds is 4. The van der Waals surface area contributed by atoms with Crippen LogP contribution in [0.4, 0.5) is 0 Å². The second-order valence-electron chi connectivity index (χ2n) is 5.73. The van der Waals surface area contributed by atoms with Crippen LogP contribution < -0.4 is 5.56 Å². The molecule has 0 unspecified atom stereocenters. The van der Waals surface area contributed by atoms with E-state index in [1.165, 1.54) is 15.5 Å². The van der Waals surface area contributed by atoms with E-state index in [0.717, 1.165) is 5.56 Å². The van der Waals surface area contributed by atoms with Gasteiger partial charge in [-0.15, -0.1) is 0 Å². The van der Waals surface area contributed by atoms with Gasteiger partial charge in [-0.1, -0.05) is 36.4 Å². The van der Waals surface area contributed by atoms with Crippen molar-refractivity contribution in [2.24, 2.45) is 5.92 Å².